The van der Waals surface area contributed by atoms with Gasteiger partial charge in [0.15, 0.2) is 5.82 Å². The van der Waals surface area contributed by atoms with Crippen LogP contribution in [0, 0.1) is 0 Å². The highest BCUT2D eigenvalue weighted by Crippen LogP contribution is 2.22. The van der Waals surface area contributed by atoms with E-state index in [1.165, 1.54) is 6.33 Å². The third-order valence-electron chi connectivity index (χ3n) is 2.46. The van der Waals surface area contributed by atoms with E-state index < -0.39 is 0 Å². The molecule has 1 aromatic heterocycles. The highest BCUT2D eigenvalue weighted by molar-refractivity contribution is 6.32. The third-order valence-corrected chi connectivity index (χ3v) is 3.12. The van der Waals surface area contributed by atoms with Crippen molar-refractivity contribution in [3.63, 3.8) is 0 Å². The molecule has 2 rings (SSSR count). The topological polar surface area (TPSA) is 57.8 Å². The Morgan fingerprint density at radius 3 is 2.72 bits per heavy atom. The first-order valence-corrected chi connectivity index (χ1v) is 6.24. The number of alkyl halides is 1. The van der Waals surface area contributed by atoms with Gasteiger partial charge in [-0.3, -0.25) is 4.79 Å². The van der Waals surface area contributed by atoms with Gasteiger partial charge in [-0.05, 0) is 5.56 Å². The van der Waals surface area contributed by atoms with Crippen LogP contribution in [0.1, 0.15) is 11.6 Å². The number of hydrogen-bond acceptors (Lipinski definition) is 3. The van der Waals surface area contributed by atoms with Gasteiger partial charge in [-0.2, -0.15) is 0 Å². The highest BCUT2D eigenvalue weighted by atomic mass is 35.5. The summed E-state index contributed by atoms with van der Waals surface area (Å²) in [4.78, 5) is 17.7. The van der Waals surface area contributed by atoms with Gasteiger partial charge in [-0.15, -0.1) is 11.6 Å². The van der Waals surface area contributed by atoms with E-state index in [1.54, 1.807) is 0 Å². The van der Waals surface area contributed by atoms with E-state index in [2.05, 4.69) is 15.3 Å². The lowest BCUT2D eigenvalue weighted by atomic mass is 10.1. The van der Waals surface area contributed by atoms with Gasteiger partial charge >= 0.3 is 0 Å². The molecule has 1 aromatic carbocycles. The Kier molecular flexibility index (Phi) is 4.23. The average molecular weight is 284 g/mol. The van der Waals surface area contributed by atoms with E-state index >= 15 is 0 Å². The molecular weight excluding hydrogens is 273 g/mol. The normalized spacial score (nSPS) is 12.1. The molecule has 0 spiro atoms. The minimum atomic E-state index is -0.379. The lowest BCUT2D eigenvalue weighted by Crippen LogP contribution is -2.17. The first kappa shape index (κ1) is 12.9. The van der Waals surface area contributed by atoms with Crippen LogP contribution in [0.15, 0.2) is 41.5 Å². The third kappa shape index (κ3) is 2.83. The van der Waals surface area contributed by atoms with Crippen LogP contribution in [0.5, 0.6) is 0 Å². The van der Waals surface area contributed by atoms with Crippen LogP contribution >= 0.6 is 23.2 Å². The molecule has 0 aliphatic carbocycles. The monoisotopic (exact) mass is 283 g/mol. The fraction of sp³-hybridized carbons (Fsp3) is 0.167. The number of benzene rings is 1. The van der Waals surface area contributed by atoms with E-state index in [0.717, 1.165) is 5.56 Å². The summed E-state index contributed by atoms with van der Waals surface area (Å²) in [5.41, 5.74) is 0.626. The molecule has 6 heteroatoms. The molecule has 0 aliphatic rings. The van der Waals surface area contributed by atoms with Crippen LogP contribution in [0.25, 0.3) is 0 Å². The van der Waals surface area contributed by atoms with Crippen LogP contribution in [0.4, 0.5) is 5.82 Å². The summed E-state index contributed by atoms with van der Waals surface area (Å²) in [5.74, 6) is 0.671. The maximum atomic E-state index is 11.3. The summed E-state index contributed by atoms with van der Waals surface area (Å²) >= 11 is 11.8. The molecule has 0 bridgehead atoms. The second-order valence-electron chi connectivity index (χ2n) is 3.66. The maximum Gasteiger partial charge on any atom is 0.271 e. The van der Waals surface area contributed by atoms with E-state index in [9.17, 15) is 4.79 Å². The van der Waals surface area contributed by atoms with Crippen molar-refractivity contribution in [2.75, 3.05) is 11.2 Å². The molecule has 0 amide bonds. The van der Waals surface area contributed by atoms with E-state index in [-0.39, 0.29) is 16.6 Å². The zero-order chi connectivity index (χ0) is 13.0. The lowest BCUT2D eigenvalue weighted by molar-refractivity contribution is 0.878. The second kappa shape index (κ2) is 5.89. The fourth-order valence-electron chi connectivity index (χ4n) is 1.55. The molecule has 1 unspecified atom stereocenters. The van der Waals surface area contributed by atoms with E-state index in [1.807, 2.05) is 30.3 Å². The van der Waals surface area contributed by atoms with Gasteiger partial charge in [0.05, 0.1) is 12.4 Å². The number of aromatic amines is 1. The van der Waals surface area contributed by atoms with Crippen molar-refractivity contribution in [1.29, 1.82) is 0 Å². The van der Waals surface area contributed by atoms with Gasteiger partial charge in [0.2, 0.25) is 0 Å². The predicted molar refractivity (Wildman–Crippen MR) is 73.4 cm³/mol. The van der Waals surface area contributed by atoms with Gasteiger partial charge in [-0.1, -0.05) is 41.9 Å². The molecule has 0 aliphatic heterocycles. The Morgan fingerprint density at radius 2 is 2.06 bits per heavy atom. The Labute approximate surface area is 114 Å². The molecule has 94 valence electrons. The molecule has 4 nitrogen and oxygen atoms in total. The first-order chi connectivity index (χ1) is 8.72. The van der Waals surface area contributed by atoms with Crippen molar-refractivity contribution < 1.29 is 0 Å². The Morgan fingerprint density at radius 1 is 1.33 bits per heavy atom. The van der Waals surface area contributed by atoms with Crippen molar-refractivity contribution >= 4 is 29.0 Å². The van der Waals surface area contributed by atoms with Gasteiger partial charge in [0.1, 0.15) is 5.02 Å². The molecule has 2 aromatic rings. The number of halogens is 2. The average Bonchev–Trinajstić information content (AvgIpc) is 2.41. The summed E-state index contributed by atoms with van der Waals surface area (Å²) in [6, 6.07) is 9.50. The molecule has 1 atom stereocenters. The molecular formula is C12H11Cl2N3O. The molecule has 0 saturated heterocycles. The minimum absolute atomic E-state index is 0.0311. The van der Waals surface area contributed by atoms with Crippen LogP contribution in [0.2, 0.25) is 5.02 Å². The van der Waals surface area contributed by atoms with Crippen molar-refractivity contribution in [3.05, 3.63) is 57.6 Å². The largest absolute Gasteiger partial charge is 0.361 e. The summed E-state index contributed by atoms with van der Waals surface area (Å²) in [7, 11) is 0. The van der Waals surface area contributed by atoms with Gasteiger partial charge in [0.25, 0.3) is 5.56 Å². The van der Waals surface area contributed by atoms with Crippen molar-refractivity contribution in [2.45, 2.75) is 6.04 Å². The highest BCUT2D eigenvalue weighted by Gasteiger charge is 2.13. The summed E-state index contributed by atoms with van der Waals surface area (Å²) < 4.78 is 0. The number of H-pyrrole nitrogens is 1. The molecule has 18 heavy (non-hydrogen) atoms. The number of rotatable bonds is 4. The van der Waals surface area contributed by atoms with Crippen molar-refractivity contribution in [2.24, 2.45) is 0 Å². The number of nitrogens with zero attached hydrogens (tertiary/aromatic N) is 1. The van der Waals surface area contributed by atoms with Crippen LogP contribution in [-0.4, -0.2) is 15.8 Å². The lowest BCUT2D eigenvalue weighted by Gasteiger charge is -2.17. The smallest absolute Gasteiger partial charge is 0.271 e. The summed E-state index contributed by atoms with van der Waals surface area (Å²) in [6.07, 6.45) is 1.30. The number of aromatic nitrogens is 2. The van der Waals surface area contributed by atoms with Crippen LogP contribution < -0.4 is 10.9 Å². The molecule has 1 heterocycles. The zero-order valence-electron chi connectivity index (χ0n) is 9.36. The van der Waals surface area contributed by atoms with Gasteiger partial charge in [-0.25, -0.2) is 4.98 Å². The van der Waals surface area contributed by atoms with Crippen molar-refractivity contribution in [3.8, 4) is 0 Å². The van der Waals surface area contributed by atoms with E-state index in [4.69, 9.17) is 23.2 Å². The van der Waals surface area contributed by atoms with Gasteiger partial charge < -0.3 is 10.3 Å². The standard InChI is InChI=1S/C12H11Cl2N3O/c13-6-9(8-4-2-1-3-5-8)17-11-10(14)12(18)16-7-15-11/h1-5,7,9H,6H2,(H2,15,16,17,18). The summed E-state index contributed by atoms with van der Waals surface area (Å²) in [5, 5.41) is 3.09. The molecule has 2 N–H and O–H groups in total. The maximum absolute atomic E-state index is 11.3. The second-order valence-corrected chi connectivity index (χ2v) is 4.34. The number of nitrogens with one attached hydrogen (secondary N) is 2. The Bertz CT molecular complexity index is 571. The Hall–Kier alpha value is -1.52. The molecule has 0 saturated carbocycles. The molecule has 0 radical (unpaired) electrons. The minimum Gasteiger partial charge on any atom is -0.361 e. The van der Waals surface area contributed by atoms with Gasteiger partial charge in [0, 0.05) is 5.88 Å². The quantitative estimate of drug-likeness (QED) is 0.849. The zero-order valence-corrected chi connectivity index (χ0v) is 10.9. The van der Waals surface area contributed by atoms with Crippen LogP contribution in [-0.2, 0) is 0 Å². The van der Waals surface area contributed by atoms with Crippen LogP contribution in [0.3, 0.4) is 0 Å². The predicted octanol–water partition coefficient (Wildman–Crippen LogP) is 2.82. The first-order valence-electron chi connectivity index (χ1n) is 5.33. The fourth-order valence-corrected chi connectivity index (χ4v) is 1.96. The number of anilines is 1. The number of hydrogen-bond donors (Lipinski definition) is 2. The molecule has 0 fully saturated rings. The van der Waals surface area contributed by atoms with E-state index in [0.29, 0.717) is 11.7 Å². The van der Waals surface area contributed by atoms with Crippen molar-refractivity contribution in [1.82, 2.24) is 9.97 Å². The summed E-state index contributed by atoms with van der Waals surface area (Å²) in [6.45, 7) is 0. The Balaban J connectivity index is 2.26. The SMILES string of the molecule is O=c1[nH]cnc(NC(CCl)c2ccccc2)c1Cl.